The van der Waals surface area contributed by atoms with Gasteiger partial charge in [-0.1, -0.05) is 0 Å². The van der Waals surface area contributed by atoms with Crippen molar-refractivity contribution in [3.63, 3.8) is 0 Å². The van der Waals surface area contributed by atoms with E-state index in [4.69, 9.17) is 4.74 Å². The van der Waals surface area contributed by atoms with Crippen LogP contribution in [0, 0.1) is 12.8 Å². The van der Waals surface area contributed by atoms with Crippen molar-refractivity contribution in [2.24, 2.45) is 5.92 Å². The number of hydrogen-bond donors (Lipinski definition) is 1. The topological polar surface area (TPSA) is 58.2 Å². The second kappa shape index (κ2) is 6.09. The molecule has 1 atom stereocenters. The summed E-state index contributed by atoms with van der Waals surface area (Å²) in [5, 5.41) is 7.28. The minimum absolute atomic E-state index is 0.0511. The summed E-state index contributed by atoms with van der Waals surface area (Å²) in [7, 11) is 0. The van der Waals surface area contributed by atoms with Gasteiger partial charge in [-0.15, -0.1) is 11.3 Å². The maximum absolute atomic E-state index is 12.9. The van der Waals surface area contributed by atoms with E-state index in [1.165, 1.54) is 4.88 Å². The largest absolute Gasteiger partial charge is 0.381 e. The predicted molar refractivity (Wildman–Crippen MR) is 89.6 cm³/mol. The number of hydrogen-bond acceptors (Lipinski definition) is 4. The van der Waals surface area contributed by atoms with Gasteiger partial charge in [-0.25, -0.2) is 0 Å². The lowest BCUT2D eigenvalue weighted by atomic mass is 10.1. The van der Waals surface area contributed by atoms with Crippen LogP contribution in [0.5, 0.6) is 0 Å². The van der Waals surface area contributed by atoms with Gasteiger partial charge in [-0.2, -0.15) is 5.10 Å². The number of amides is 1. The minimum Gasteiger partial charge on any atom is -0.381 e. The monoisotopic (exact) mass is 331 g/mol. The highest BCUT2D eigenvalue weighted by Crippen LogP contribution is 2.31. The number of aromatic nitrogens is 2. The first-order valence-corrected chi connectivity index (χ1v) is 9.03. The number of carbonyl (C=O) groups excluding carboxylic acids is 1. The summed E-state index contributed by atoms with van der Waals surface area (Å²) in [5.74, 6) is 0.521. The van der Waals surface area contributed by atoms with E-state index >= 15 is 0 Å². The molecule has 2 fully saturated rings. The molecule has 1 unspecified atom stereocenters. The van der Waals surface area contributed by atoms with E-state index in [1.54, 1.807) is 11.3 Å². The van der Waals surface area contributed by atoms with Crippen LogP contribution >= 0.6 is 11.3 Å². The highest BCUT2D eigenvalue weighted by Gasteiger charge is 2.36. The van der Waals surface area contributed by atoms with E-state index in [0.29, 0.717) is 17.7 Å². The standard InChI is InChI=1S/C17H21N3O2S/c1-11-2-5-16(23-11)14-8-15(19-18-14)17(21)20(13-3-4-13)9-12-6-7-22-10-12/h2,5,8,12-13H,3-4,6-7,9-10H2,1H3,(H,18,19). The molecule has 122 valence electrons. The molecule has 3 heterocycles. The Morgan fingerprint density at radius 1 is 1.43 bits per heavy atom. The van der Waals surface area contributed by atoms with Gasteiger partial charge in [0, 0.05) is 30.0 Å². The van der Waals surface area contributed by atoms with Crippen molar-refractivity contribution in [1.82, 2.24) is 15.1 Å². The molecule has 5 nitrogen and oxygen atoms in total. The number of aryl methyl sites for hydroxylation is 1. The van der Waals surface area contributed by atoms with Gasteiger partial charge in [-0.05, 0) is 44.4 Å². The van der Waals surface area contributed by atoms with E-state index in [0.717, 1.165) is 49.6 Å². The molecule has 4 rings (SSSR count). The lowest BCUT2D eigenvalue weighted by molar-refractivity contribution is 0.0700. The van der Waals surface area contributed by atoms with Crippen LogP contribution < -0.4 is 0 Å². The van der Waals surface area contributed by atoms with E-state index in [-0.39, 0.29) is 5.91 Å². The molecule has 1 amide bonds. The third kappa shape index (κ3) is 3.19. The van der Waals surface area contributed by atoms with E-state index in [9.17, 15) is 4.79 Å². The first-order chi connectivity index (χ1) is 11.2. The van der Waals surface area contributed by atoms with Gasteiger partial charge in [0.05, 0.1) is 17.2 Å². The zero-order valence-corrected chi connectivity index (χ0v) is 14.1. The third-order valence-corrected chi connectivity index (χ3v) is 5.56. The Bertz CT molecular complexity index is 698. The Morgan fingerprint density at radius 3 is 2.96 bits per heavy atom. The van der Waals surface area contributed by atoms with Gasteiger partial charge in [0.1, 0.15) is 0 Å². The van der Waals surface area contributed by atoms with Gasteiger partial charge in [0.25, 0.3) is 5.91 Å². The van der Waals surface area contributed by atoms with Crippen molar-refractivity contribution >= 4 is 17.2 Å². The van der Waals surface area contributed by atoms with E-state index in [1.807, 2.05) is 11.0 Å². The molecule has 1 N–H and O–H groups in total. The first-order valence-electron chi connectivity index (χ1n) is 8.21. The molecule has 1 aliphatic carbocycles. The fraction of sp³-hybridized carbons (Fsp3) is 0.529. The SMILES string of the molecule is Cc1ccc(-c2cc(C(=O)N(CC3CCOC3)C3CC3)n[nH]2)s1. The van der Waals surface area contributed by atoms with Gasteiger partial charge in [-0.3, -0.25) is 9.89 Å². The summed E-state index contributed by atoms with van der Waals surface area (Å²) in [6.45, 7) is 4.47. The number of ether oxygens (including phenoxy) is 1. The number of carbonyl (C=O) groups is 1. The molecule has 23 heavy (non-hydrogen) atoms. The predicted octanol–water partition coefficient (Wildman–Crippen LogP) is 3.09. The zero-order valence-electron chi connectivity index (χ0n) is 13.2. The van der Waals surface area contributed by atoms with Crippen LogP contribution in [0.15, 0.2) is 18.2 Å². The average Bonchev–Trinajstić information content (AvgIpc) is 2.99. The Kier molecular flexibility index (Phi) is 3.95. The van der Waals surface area contributed by atoms with Crippen LogP contribution in [0.4, 0.5) is 0 Å². The molecule has 0 bridgehead atoms. The third-order valence-electron chi connectivity index (χ3n) is 4.53. The Labute approximate surface area is 139 Å². The number of rotatable bonds is 5. The van der Waals surface area contributed by atoms with Crippen molar-refractivity contribution in [2.45, 2.75) is 32.2 Å². The van der Waals surface area contributed by atoms with Crippen molar-refractivity contribution in [1.29, 1.82) is 0 Å². The normalized spacial score (nSPS) is 20.8. The quantitative estimate of drug-likeness (QED) is 0.916. The summed E-state index contributed by atoms with van der Waals surface area (Å²) >= 11 is 1.71. The average molecular weight is 331 g/mol. The number of nitrogens with one attached hydrogen (secondary N) is 1. The smallest absolute Gasteiger partial charge is 0.274 e. The lowest BCUT2D eigenvalue weighted by Gasteiger charge is -2.24. The Hall–Kier alpha value is -1.66. The van der Waals surface area contributed by atoms with Crippen LogP contribution in [0.3, 0.4) is 0 Å². The van der Waals surface area contributed by atoms with Crippen molar-refractivity contribution in [3.05, 3.63) is 28.8 Å². The van der Waals surface area contributed by atoms with Gasteiger partial charge in [0.15, 0.2) is 5.69 Å². The molecule has 0 radical (unpaired) electrons. The summed E-state index contributed by atoms with van der Waals surface area (Å²) in [5.41, 5.74) is 1.45. The van der Waals surface area contributed by atoms with Crippen LogP contribution in [-0.2, 0) is 4.74 Å². The molecule has 1 saturated heterocycles. The van der Waals surface area contributed by atoms with Crippen molar-refractivity contribution < 1.29 is 9.53 Å². The number of nitrogens with zero attached hydrogens (tertiary/aromatic N) is 2. The molecular formula is C17H21N3O2S. The molecule has 0 aromatic carbocycles. The number of thiophene rings is 1. The molecular weight excluding hydrogens is 310 g/mol. The van der Waals surface area contributed by atoms with Crippen molar-refractivity contribution in [3.8, 4) is 10.6 Å². The molecule has 1 saturated carbocycles. The van der Waals surface area contributed by atoms with Gasteiger partial charge >= 0.3 is 0 Å². The second-order valence-corrected chi connectivity index (χ2v) is 7.78. The highest BCUT2D eigenvalue weighted by atomic mass is 32.1. The molecule has 2 aliphatic rings. The molecule has 0 spiro atoms. The summed E-state index contributed by atoms with van der Waals surface area (Å²) < 4.78 is 5.45. The Morgan fingerprint density at radius 2 is 2.30 bits per heavy atom. The molecule has 6 heteroatoms. The van der Waals surface area contributed by atoms with Crippen LogP contribution in [-0.4, -0.2) is 46.8 Å². The summed E-state index contributed by atoms with van der Waals surface area (Å²) in [6.07, 6.45) is 3.28. The number of aromatic amines is 1. The van der Waals surface area contributed by atoms with Crippen LogP contribution in [0.25, 0.3) is 10.6 Å². The molecule has 2 aromatic heterocycles. The lowest BCUT2D eigenvalue weighted by Crippen LogP contribution is -2.37. The number of H-pyrrole nitrogens is 1. The summed E-state index contributed by atoms with van der Waals surface area (Å²) in [4.78, 5) is 17.3. The molecule has 2 aromatic rings. The zero-order chi connectivity index (χ0) is 15.8. The van der Waals surface area contributed by atoms with Crippen LogP contribution in [0.2, 0.25) is 0 Å². The maximum atomic E-state index is 12.9. The van der Waals surface area contributed by atoms with Gasteiger partial charge in [0.2, 0.25) is 0 Å². The highest BCUT2D eigenvalue weighted by molar-refractivity contribution is 7.15. The fourth-order valence-corrected chi connectivity index (χ4v) is 3.91. The Balaban J connectivity index is 1.51. The maximum Gasteiger partial charge on any atom is 0.274 e. The van der Waals surface area contributed by atoms with E-state index < -0.39 is 0 Å². The fourth-order valence-electron chi connectivity index (χ4n) is 3.07. The second-order valence-electron chi connectivity index (χ2n) is 6.50. The summed E-state index contributed by atoms with van der Waals surface area (Å²) in [6, 6.07) is 6.43. The van der Waals surface area contributed by atoms with Gasteiger partial charge < -0.3 is 9.64 Å². The van der Waals surface area contributed by atoms with Crippen molar-refractivity contribution in [2.75, 3.05) is 19.8 Å². The molecule has 1 aliphatic heterocycles. The van der Waals surface area contributed by atoms with Crippen LogP contribution in [0.1, 0.15) is 34.6 Å². The van der Waals surface area contributed by atoms with E-state index in [2.05, 4.69) is 29.3 Å². The first kappa shape index (κ1) is 14.9. The minimum atomic E-state index is 0.0511.